The third-order valence-corrected chi connectivity index (χ3v) is 3.04. The van der Waals surface area contributed by atoms with Gasteiger partial charge in [0, 0.05) is 11.1 Å². The molecule has 0 radical (unpaired) electrons. The first kappa shape index (κ1) is 13.8. The highest BCUT2D eigenvalue weighted by Crippen LogP contribution is 2.22. The van der Waals surface area contributed by atoms with Crippen molar-refractivity contribution in [3.63, 3.8) is 0 Å². The molecule has 4 heteroatoms. The molecule has 0 saturated carbocycles. The monoisotopic (exact) mass is 279 g/mol. The first-order chi connectivity index (χ1) is 9.06. The van der Waals surface area contributed by atoms with Crippen molar-refractivity contribution in [2.24, 2.45) is 5.73 Å². The smallest absolute Gasteiger partial charge is 0.165 e. The first-order valence-corrected chi connectivity index (χ1v) is 6.36. The zero-order chi connectivity index (χ0) is 13.8. The summed E-state index contributed by atoms with van der Waals surface area (Å²) in [5.41, 5.74) is 7.37. The Morgan fingerprint density at radius 2 is 1.89 bits per heavy atom. The Balaban J connectivity index is 2.05. The fourth-order valence-corrected chi connectivity index (χ4v) is 1.79. The summed E-state index contributed by atoms with van der Waals surface area (Å²) in [5, 5.41) is 0.663. The van der Waals surface area contributed by atoms with Crippen molar-refractivity contribution < 1.29 is 9.13 Å². The predicted octanol–water partition coefficient (Wildman–Crippen LogP) is 4.08. The van der Waals surface area contributed by atoms with Crippen LogP contribution in [0.4, 0.5) is 4.39 Å². The van der Waals surface area contributed by atoms with Gasteiger partial charge in [0.1, 0.15) is 6.61 Å². The first-order valence-electron chi connectivity index (χ1n) is 5.98. The van der Waals surface area contributed by atoms with Crippen LogP contribution in [-0.2, 0) is 6.61 Å². The van der Waals surface area contributed by atoms with Gasteiger partial charge in [-0.25, -0.2) is 4.39 Å². The van der Waals surface area contributed by atoms with Gasteiger partial charge in [-0.3, -0.25) is 0 Å². The number of hydrogen-bond donors (Lipinski definition) is 1. The van der Waals surface area contributed by atoms with Crippen molar-refractivity contribution in [2.75, 3.05) is 0 Å². The van der Waals surface area contributed by atoms with E-state index < -0.39 is 5.82 Å². The maximum atomic E-state index is 13.8. The maximum Gasteiger partial charge on any atom is 0.165 e. The van der Waals surface area contributed by atoms with Gasteiger partial charge < -0.3 is 10.5 Å². The third kappa shape index (κ3) is 3.69. The second-order valence-electron chi connectivity index (χ2n) is 4.39. The average molecular weight is 280 g/mol. The quantitative estimate of drug-likeness (QED) is 0.915. The summed E-state index contributed by atoms with van der Waals surface area (Å²) in [6, 6.07) is 11.8. The Morgan fingerprint density at radius 1 is 1.21 bits per heavy atom. The maximum absolute atomic E-state index is 13.8. The van der Waals surface area contributed by atoms with E-state index in [1.54, 1.807) is 24.3 Å². The Bertz CT molecular complexity index is 555. The van der Waals surface area contributed by atoms with E-state index in [4.69, 9.17) is 22.1 Å². The molecule has 0 aliphatic carbocycles. The van der Waals surface area contributed by atoms with Crippen LogP contribution >= 0.6 is 11.6 Å². The fourth-order valence-electron chi connectivity index (χ4n) is 1.66. The van der Waals surface area contributed by atoms with Crippen molar-refractivity contribution in [3.05, 3.63) is 64.4 Å². The highest BCUT2D eigenvalue weighted by Gasteiger charge is 2.07. The van der Waals surface area contributed by atoms with Crippen LogP contribution < -0.4 is 10.5 Å². The van der Waals surface area contributed by atoms with E-state index in [2.05, 4.69) is 0 Å². The van der Waals surface area contributed by atoms with Gasteiger partial charge in [-0.1, -0.05) is 29.8 Å². The van der Waals surface area contributed by atoms with Crippen LogP contribution in [0.1, 0.15) is 24.1 Å². The Labute approximate surface area is 117 Å². The van der Waals surface area contributed by atoms with Crippen LogP contribution in [0.2, 0.25) is 5.02 Å². The highest BCUT2D eigenvalue weighted by atomic mass is 35.5. The average Bonchev–Trinajstić information content (AvgIpc) is 2.39. The minimum atomic E-state index is -0.399. The number of hydrogen-bond acceptors (Lipinski definition) is 2. The van der Waals surface area contributed by atoms with Crippen LogP contribution in [0.25, 0.3) is 0 Å². The molecule has 0 saturated heterocycles. The minimum Gasteiger partial charge on any atom is -0.486 e. The second kappa shape index (κ2) is 6.04. The lowest BCUT2D eigenvalue weighted by Gasteiger charge is -2.10. The van der Waals surface area contributed by atoms with Crippen molar-refractivity contribution >= 4 is 11.6 Å². The SMILES string of the molecule is C[C@H](N)c1ccc(OCc2ccc(Cl)cc2)c(F)c1. The van der Waals surface area contributed by atoms with Gasteiger partial charge in [0.05, 0.1) is 0 Å². The van der Waals surface area contributed by atoms with E-state index in [0.717, 1.165) is 11.1 Å². The number of nitrogens with two attached hydrogens (primary N) is 1. The molecule has 0 aliphatic heterocycles. The number of ether oxygens (including phenoxy) is 1. The van der Waals surface area contributed by atoms with Crippen LogP contribution in [0.15, 0.2) is 42.5 Å². The van der Waals surface area contributed by atoms with E-state index in [0.29, 0.717) is 11.6 Å². The zero-order valence-corrected chi connectivity index (χ0v) is 11.3. The van der Waals surface area contributed by atoms with Gasteiger partial charge in [-0.2, -0.15) is 0 Å². The van der Waals surface area contributed by atoms with Gasteiger partial charge in [0.2, 0.25) is 0 Å². The number of rotatable bonds is 4. The van der Waals surface area contributed by atoms with Gasteiger partial charge in [-0.05, 0) is 42.3 Å². The molecule has 2 nitrogen and oxygen atoms in total. The molecule has 0 heterocycles. The molecule has 0 bridgehead atoms. The zero-order valence-electron chi connectivity index (χ0n) is 10.6. The summed E-state index contributed by atoms with van der Waals surface area (Å²) in [7, 11) is 0. The Morgan fingerprint density at radius 3 is 2.47 bits per heavy atom. The fraction of sp³-hybridized carbons (Fsp3) is 0.200. The number of halogens is 2. The van der Waals surface area contributed by atoms with Crippen molar-refractivity contribution in [2.45, 2.75) is 19.6 Å². The molecular formula is C15H15ClFNO. The van der Waals surface area contributed by atoms with E-state index in [1.165, 1.54) is 6.07 Å². The molecule has 2 aromatic rings. The highest BCUT2D eigenvalue weighted by molar-refractivity contribution is 6.30. The molecule has 0 unspecified atom stereocenters. The molecule has 100 valence electrons. The molecule has 0 aromatic heterocycles. The molecule has 0 spiro atoms. The lowest BCUT2D eigenvalue weighted by molar-refractivity contribution is 0.290. The van der Waals surface area contributed by atoms with Gasteiger partial charge in [0.25, 0.3) is 0 Å². The van der Waals surface area contributed by atoms with Crippen molar-refractivity contribution in [1.29, 1.82) is 0 Å². The van der Waals surface area contributed by atoms with Crippen molar-refractivity contribution in [1.82, 2.24) is 0 Å². The van der Waals surface area contributed by atoms with Gasteiger partial charge in [-0.15, -0.1) is 0 Å². The van der Waals surface area contributed by atoms with Gasteiger partial charge >= 0.3 is 0 Å². The number of benzene rings is 2. The normalized spacial score (nSPS) is 12.2. The van der Waals surface area contributed by atoms with Crippen LogP contribution in [0.3, 0.4) is 0 Å². The van der Waals surface area contributed by atoms with E-state index in [1.807, 2.05) is 19.1 Å². The van der Waals surface area contributed by atoms with E-state index in [-0.39, 0.29) is 11.8 Å². The summed E-state index contributed by atoms with van der Waals surface area (Å²) in [5.74, 6) is -0.178. The molecule has 0 fully saturated rings. The molecule has 0 amide bonds. The molecule has 2 rings (SSSR count). The lowest BCUT2D eigenvalue weighted by Crippen LogP contribution is -2.06. The van der Waals surface area contributed by atoms with E-state index in [9.17, 15) is 4.39 Å². The summed E-state index contributed by atoms with van der Waals surface area (Å²) in [6.45, 7) is 2.11. The summed E-state index contributed by atoms with van der Waals surface area (Å²) in [4.78, 5) is 0. The van der Waals surface area contributed by atoms with Crippen LogP contribution in [-0.4, -0.2) is 0 Å². The van der Waals surface area contributed by atoms with Crippen LogP contribution in [0, 0.1) is 5.82 Å². The van der Waals surface area contributed by atoms with Crippen LogP contribution in [0.5, 0.6) is 5.75 Å². The molecule has 2 N–H and O–H groups in total. The van der Waals surface area contributed by atoms with Gasteiger partial charge in [0.15, 0.2) is 11.6 Å². The van der Waals surface area contributed by atoms with E-state index >= 15 is 0 Å². The Kier molecular flexibility index (Phi) is 4.40. The largest absolute Gasteiger partial charge is 0.486 e. The summed E-state index contributed by atoms with van der Waals surface area (Å²) in [6.07, 6.45) is 0. The summed E-state index contributed by atoms with van der Waals surface area (Å²) >= 11 is 5.79. The predicted molar refractivity (Wildman–Crippen MR) is 74.8 cm³/mol. The summed E-state index contributed by atoms with van der Waals surface area (Å²) < 4.78 is 19.2. The second-order valence-corrected chi connectivity index (χ2v) is 4.83. The molecular weight excluding hydrogens is 265 g/mol. The third-order valence-electron chi connectivity index (χ3n) is 2.79. The molecule has 19 heavy (non-hydrogen) atoms. The standard InChI is InChI=1S/C15H15ClFNO/c1-10(18)12-4-7-15(14(17)8-12)19-9-11-2-5-13(16)6-3-11/h2-8,10H,9,18H2,1H3/t10-/m0/s1. The molecule has 2 aromatic carbocycles. The lowest BCUT2D eigenvalue weighted by atomic mass is 10.1. The topological polar surface area (TPSA) is 35.2 Å². The molecule has 1 atom stereocenters. The minimum absolute atomic E-state index is 0.195. The van der Waals surface area contributed by atoms with Crippen molar-refractivity contribution in [3.8, 4) is 5.75 Å². The molecule has 0 aliphatic rings. The Hall–Kier alpha value is -1.58.